The molecule has 9 heteroatoms. The van der Waals surface area contributed by atoms with Gasteiger partial charge >= 0.3 is 0 Å². The molecule has 6 N–H and O–H groups in total. The number of aromatic nitrogens is 1. The molecule has 3 aromatic rings. The molecule has 1 aromatic heterocycles. The van der Waals surface area contributed by atoms with Crippen LogP contribution in [0.3, 0.4) is 0 Å². The number of rotatable bonds is 12. The lowest BCUT2D eigenvalue weighted by molar-refractivity contribution is -0.154. The van der Waals surface area contributed by atoms with Crippen LogP contribution in [0.2, 0.25) is 0 Å². The van der Waals surface area contributed by atoms with E-state index < -0.39 is 12.2 Å². The van der Waals surface area contributed by atoms with Gasteiger partial charge in [-0.2, -0.15) is 0 Å². The fourth-order valence-electron chi connectivity index (χ4n) is 9.31. The van der Waals surface area contributed by atoms with E-state index in [0.717, 1.165) is 80.5 Å². The summed E-state index contributed by atoms with van der Waals surface area (Å²) in [6.45, 7) is 4.52. The first kappa shape index (κ1) is 35.6. The summed E-state index contributed by atoms with van der Waals surface area (Å²) in [5.41, 5.74) is 4.64. The number of hydrogen-bond donors (Lipinski definition) is 6. The molecule has 1 saturated carbocycles. The predicted molar refractivity (Wildman–Crippen MR) is 196 cm³/mol. The molecule has 3 aliphatic carbocycles. The third-order valence-corrected chi connectivity index (χ3v) is 11.9. The number of methoxy groups -OCH3 is 1. The summed E-state index contributed by atoms with van der Waals surface area (Å²) < 4.78 is 18.0. The zero-order valence-corrected chi connectivity index (χ0v) is 29.8. The van der Waals surface area contributed by atoms with E-state index in [1.807, 2.05) is 31.5 Å². The Labute approximate surface area is 301 Å². The molecule has 1 aliphatic heterocycles. The summed E-state index contributed by atoms with van der Waals surface area (Å²) >= 11 is 0. The lowest BCUT2D eigenvalue weighted by Gasteiger charge is -2.45. The van der Waals surface area contributed by atoms with Crippen molar-refractivity contribution in [3.05, 3.63) is 94.8 Å². The molecule has 0 unspecified atom stereocenters. The van der Waals surface area contributed by atoms with Crippen molar-refractivity contribution in [2.75, 3.05) is 26.9 Å². The second kappa shape index (κ2) is 15.9. The number of aliphatic hydroxyl groups is 1. The smallest absolute Gasteiger partial charge is 0.200 e. The minimum atomic E-state index is -0.558. The summed E-state index contributed by atoms with van der Waals surface area (Å²) in [4.78, 5) is 3.08. The minimum absolute atomic E-state index is 0.0185. The Morgan fingerprint density at radius 1 is 0.980 bits per heavy atom. The fraction of sp³-hybridized carbons (Fsp3) is 0.524. The van der Waals surface area contributed by atoms with Gasteiger partial charge in [0, 0.05) is 67.5 Å². The molecule has 274 valence electrons. The number of phenolic OH excluding ortho intramolecular Hbond substituents is 3. The van der Waals surface area contributed by atoms with Crippen LogP contribution in [0.5, 0.6) is 23.0 Å². The van der Waals surface area contributed by atoms with E-state index in [4.69, 9.17) is 14.2 Å². The Balaban J connectivity index is 1.08. The van der Waals surface area contributed by atoms with Crippen LogP contribution < -0.4 is 10.1 Å². The molecule has 9 nitrogen and oxygen atoms in total. The number of nitrogens with one attached hydrogen (secondary N) is 2. The highest BCUT2D eigenvalue weighted by Gasteiger charge is 2.44. The largest absolute Gasteiger partial charge is 0.508 e. The topological polar surface area (TPSA) is 136 Å². The molecule has 1 saturated heterocycles. The third-order valence-electron chi connectivity index (χ3n) is 11.9. The summed E-state index contributed by atoms with van der Waals surface area (Å²) in [5, 5.41) is 47.8. The van der Waals surface area contributed by atoms with Gasteiger partial charge in [0.25, 0.3) is 0 Å². The standard InChI is InChI=1S/C42H54N2O7/c1-3-50-17-5-15-44-29-10-12-30-28(19-29)6-4-7-31(30)33-20-26(9-13-36(33)45)27-8-11-32-37(46)23-40(51-39(32)21-27)34-22-38(47)41(48)42(49-2)35(34)18-25-14-16-43-24-25/h4,7,9-10,12-14,16,20,22,24,27-32,37,39-40,43-48H,3,5-6,8,11,15,17-19,21,23H2,1-2H3/t27-,28+,29-,30-,31+,32+,37+,39+,40+/m1/s1. The van der Waals surface area contributed by atoms with Gasteiger partial charge in [0.05, 0.1) is 25.4 Å². The number of allylic oxidation sites excluding steroid dienone is 3. The average Bonchev–Trinajstić information content (AvgIpc) is 3.66. The van der Waals surface area contributed by atoms with Gasteiger partial charge in [-0.1, -0.05) is 36.4 Å². The highest BCUT2D eigenvalue weighted by molar-refractivity contribution is 5.59. The number of aromatic amines is 1. The maximum atomic E-state index is 11.5. The molecule has 2 aromatic carbocycles. The van der Waals surface area contributed by atoms with Crippen molar-refractivity contribution in [3.8, 4) is 23.0 Å². The Morgan fingerprint density at radius 2 is 1.86 bits per heavy atom. The molecule has 0 bridgehead atoms. The van der Waals surface area contributed by atoms with Gasteiger partial charge in [-0.15, -0.1) is 0 Å². The van der Waals surface area contributed by atoms with Gasteiger partial charge in [-0.05, 0) is 105 Å². The van der Waals surface area contributed by atoms with Gasteiger partial charge < -0.3 is 44.9 Å². The van der Waals surface area contributed by atoms with Crippen molar-refractivity contribution < 1.29 is 34.6 Å². The van der Waals surface area contributed by atoms with E-state index in [1.165, 1.54) is 12.7 Å². The maximum absolute atomic E-state index is 11.5. The lowest BCUT2D eigenvalue weighted by atomic mass is 9.67. The average molecular weight is 699 g/mol. The number of aliphatic hydroxyl groups excluding tert-OH is 1. The lowest BCUT2D eigenvalue weighted by Crippen LogP contribution is -2.44. The number of benzene rings is 2. The van der Waals surface area contributed by atoms with Crippen LogP contribution in [0.15, 0.2) is 67.0 Å². The van der Waals surface area contributed by atoms with Crippen LogP contribution in [0, 0.1) is 17.8 Å². The van der Waals surface area contributed by atoms with Gasteiger partial charge in [0.2, 0.25) is 5.75 Å². The van der Waals surface area contributed by atoms with Gasteiger partial charge in [-0.25, -0.2) is 0 Å². The third kappa shape index (κ3) is 7.58. The van der Waals surface area contributed by atoms with E-state index in [9.17, 15) is 20.4 Å². The van der Waals surface area contributed by atoms with Gasteiger partial charge in [0.1, 0.15) is 5.75 Å². The van der Waals surface area contributed by atoms with Crippen molar-refractivity contribution in [2.45, 2.75) is 94.5 Å². The number of H-pyrrole nitrogens is 1. The van der Waals surface area contributed by atoms with Crippen LogP contribution in [0.25, 0.3) is 0 Å². The molecule has 4 aliphatic rings. The second-order valence-electron chi connectivity index (χ2n) is 15.0. The first-order chi connectivity index (χ1) is 24.8. The van der Waals surface area contributed by atoms with Crippen LogP contribution in [-0.4, -0.2) is 70.5 Å². The van der Waals surface area contributed by atoms with Crippen molar-refractivity contribution in [2.24, 2.45) is 17.8 Å². The van der Waals surface area contributed by atoms with Crippen LogP contribution in [-0.2, 0) is 15.9 Å². The number of aromatic hydroxyl groups is 3. The Bertz CT molecular complexity index is 1690. The minimum Gasteiger partial charge on any atom is -0.508 e. The maximum Gasteiger partial charge on any atom is 0.200 e. The van der Waals surface area contributed by atoms with E-state index in [1.54, 1.807) is 6.07 Å². The highest BCUT2D eigenvalue weighted by atomic mass is 16.5. The number of phenols is 3. The summed E-state index contributed by atoms with van der Waals surface area (Å²) in [7, 11) is 1.48. The zero-order chi connectivity index (χ0) is 35.5. The van der Waals surface area contributed by atoms with E-state index in [2.05, 4.69) is 46.7 Å². The monoisotopic (exact) mass is 698 g/mol. The van der Waals surface area contributed by atoms with E-state index >= 15 is 0 Å². The first-order valence-electron chi connectivity index (χ1n) is 18.9. The quantitative estimate of drug-likeness (QED) is 0.0669. The second-order valence-corrected chi connectivity index (χ2v) is 15.0. The summed E-state index contributed by atoms with van der Waals surface area (Å²) in [6.07, 6.45) is 18.3. The molecule has 2 heterocycles. The van der Waals surface area contributed by atoms with Crippen molar-refractivity contribution in [3.63, 3.8) is 0 Å². The molecular formula is C42H54N2O7. The van der Waals surface area contributed by atoms with Crippen molar-refractivity contribution >= 4 is 0 Å². The number of fused-ring (bicyclic) bond motifs is 2. The number of ether oxygens (including phenoxy) is 3. The fourth-order valence-corrected chi connectivity index (χ4v) is 9.31. The molecule has 9 atom stereocenters. The van der Waals surface area contributed by atoms with Crippen LogP contribution in [0.1, 0.15) is 97.6 Å². The van der Waals surface area contributed by atoms with E-state index in [-0.39, 0.29) is 41.1 Å². The number of hydrogen-bond acceptors (Lipinski definition) is 8. The molecule has 0 radical (unpaired) electrons. The Hall–Kier alpha value is -3.76. The summed E-state index contributed by atoms with van der Waals surface area (Å²) in [5.74, 6) is 1.20. The van der Waals surface area contributed by atoms with E-state index in [0.29, 0.717) is 36.5 Å². The molecule has 51 heavy (non-hydrogen) atoms. The molecule has 0 amide bonds. The molecule has 0 spiro atoms. The van der Waals surface area contributed by atoms with Crippen LogP contribution in [0.4, 0.5) is 0 Å². The highest BCUT2D eigenvalue weighted by Crippen LogP contribution is 2.51. The van der Waals surface area contributed by atoms with Crippen molar-refractivity contribution in [1.82, 2.24) is 10.3 Å². The zero-order valence-electron chi connectivity index (χ0n) is 29.8. The summed E-state index contributed by atoms with van der Waals surface area (Å²) in [6, 6.07) is 10.0. The molecular weight excluding hydrogens is 644 g/mol. The van der Waals surface area contributed by atoms with Crippen molar-refractivity contribution in [1.29, 1.82) is 0 Å². The first-order valence-corrected chi connectivity index (χ1v) is 18.9. The Morgan fingerprint density at radius 3 is 2.67 bits per heavy atom. The van der Waals surface area contributed by atoms with Crippen LogP contribution >= 0.6 is 0 Å². The van der Waals surface area contributed by atoms with Gasteiger partial charge in [-0.3, -0.25) is 0 Å². The Kier molecular flexibility index (Phi) is 11.1. The normalized spacial score (nSPS) is 30.1. The van der Waals surface area contributed by atoms with Gasteiger partial charge in [0.15, 0.2) is 11.5 Å². The molecule has 7 rings (SSSR count). The SMILES string of the molecule is CCOCCCN[C@@H]1C=C[C@@H]2[C@@H](CC=C[C@@H]2c2cc([C@@H]3CC[C@@H]4[C@H](C3)O[C@H](c3cc(O)c(O)c(OC)c3Cc3cc[nH]c3)C[C@@H]4O)ccc2O)C1. The molecule has 2 fully saturated rings. The predicted octanol–water partition coefficient (Wildman–Crippen LogP) is 7.13.